The molecular formula is C17H29N3O3. The predicted molar refractivity (Wildman–Crippen MR) is 87.0 cm³/mol. The molecule has 0 spiro atoms. The van der Waals surface area contributed by atoms with Gasteiger partial charge in [0.25, 0.3) is 0 Å². The number of piperidine rings is 1. The maximum absolute atomic E-state index is 12.8. The van der Waals surface area contributed by atoms with Crippen LogP contribution in [0.3, 0.4) is 0 Å². The van der Waals surface area contributed by atoms with Gasteiger partial charge in [-0.25, -0.2) is 4.79 Å². The van der Waals surface area contributed by atoms with Gasteiger partial charge in [0.1, 0.15) is 11.6 Å². The highest BCUT2D eigenvalue weighted by molar-refractivity contribution is 5.87. The molecule has 6 heteroatoms. The summed E-state index contributed by atoms with van der Waals surface area (Å²) in [5.74, 6) is 1.33. The van der Waals surface area contributed by atoms with E-state index in [4.69, 9.17) is 4.74 Å². The van der Waals surface area contributed by atoms with Gasteiger partial charge in [-0.3, -0.25) is 9.69 Å². The third-order valence-electron chi connectivity index (χ3n) is 5.25. The van der Waals surface area contributed by atoms with Gasteiger partial charge in [0.05, 0.1) is 0 Å². The van der Waals surface area contributed by atoms with Gasteiger partial charge in [-0.1, -0.05) is 0 Å². The van der Waals surface area contributed by atoms with E-state index in [-0.39, 0.29) is 18.0 Å². The fraction of sp³-hybridized carbons (Fsp3) is 0.882. The molecule has 3 heterocycles. The van der Waals surface area contributed by atoms with Crippen molar-refractivity contribution in [3.05, 3.63) is 0 Å². The first-order chi connectivity index (χ1) is 10.7. The SMILES string of the molecule is CN1CCC2CN(C(=O)[C@H]3CCN3C(=O)OC(C)(C)C)CC2C1. The Kier molecular flexibility index (Phi) is 4.29. The zero-order chi connectivity index (χ0) is 16.8. The Labute approximate surface area is 138 Å². The molecule has 0 aromatic rings. The Morgan fingerprint density at radius 3 is 2.30 bits per heavy atom. The Balaban J connectivity index is 1.57. The van der Waals surface area contributed by atoms with E-state index < -0.39 is 5.60 Å². The largest absolute Gasteiger partial charge is 0.444 e. The first-order valence-electron chi connectivity index (χ1n) is 8.71. The smallest absolute Gasteiger partial charge is 0.410 e. The number of hydrogen-bond acceptors (Lipinski definition) is 4. The summed E-state index contributed by atoms with van der Waals surface area (Å²) in [4.78, 5) is 30.9. The standard InChI is InChI=1S/C17H29N3O3/c1-17(2,3)23-16(22)20-8-6-14(20)15(21)19-10-12-5-7-18(4)9-13(12)11-19/h12-14H,5-11H2,1-4H3/t12?,13?,14-/m1/s1. The molecule has 23 heavy (non-hydrogen) atoms. The number of carbonyl (C=O) groups excluding carboxylic acids is 2. The molecule has 0 radical (unpaired) electrons. The van der Waals surface area contributed by atoms with Crippen molar-refractivity contribution < 1.29 is 14.3 Å². The first-order valence-corrected chi connectivity index (χ1v) is 8.71. The van der Waals surface area contributed by atoms with Crippen LogP contribution in [0, 0.1) is 11.8 Å². The molecule has 0 bridgehead atoms. The van der Waals surface area contributed by atoms with Crippen LogP contribution >= 0.6 is 0 Å². The molecule has 6 nitrogen and oxygen atoms in total. The molecule has 130 valence electrons. The Bertz CT molecular complexity index is 488. The summed E-state index contributed by atoms with van der Waals surface area (Å²) in [5, 5.41) is 0. The monoisotopic (exact) mass is 323 g/mol. The number of rotatable bonds is 1. The molecule has 0 aromatic carbocycles. The molecule has 3 saturated heterocycles. The van der Waals surface area contributed by atoms with E-state index in [0.29, 0.717) is 18.4 Å². The minimum absolute atomic E-state index is 0.110. The number of ether oxygens (including phenoxy) is 1. The molecule has 3 fully saturated rings. The van der Waals surface area contributed by atoms with Crippen molar-refractivity contribution in [2.24, 2.45) is 11.8 Å². The number of likely N-dealkylation sites (tertiary alicyclic amines) is 3. The van der Waals surface area contributed by atoms with Gasteiger partial charge in [-0.2, -0.15) is 0 Å². The number of fused-ring (bicyclic) bond motifs is 1. The lowest BCUT2D eigenvalue weighted by atomic mass is 9.89. The average molecular weight is 323 g/mol. The summed E-state index contributed by atoms with van der Waals surface area (Å²) in [7, 11) is 2.15. The van der Waals surface area contributed by atoms with E-state index >= 15 is 0 Å². The summed E-state index contributed by atoms with van der Waals surface area (Å²) >= 11 is 0. The average Bonchev–Trinajstić information content (AvgIpc) is 2.77. The molecule has 3 rings (SSSR count). The van der Waals surface area contributed by atoms with Crippen LogP contribution in [0.2, 0.25) is 0 Å². The first kappa shape index (κ1) is 16.6. The number of amides is 2. The summed E-state index contributed by atoms with van der Waals surface area (Å²) in [6.45, 7) is 10.1. The van der Waals surface area contributed by atoms with Crippen LogP contribution in [0.4, 0.5) is 4.79 Å². The zero-order valence-corrected chi connectivity index (χ0v) is 14.7. The molecule has 3 atom stereocenters. The highest BCUT2D eigenvalue weighted by atomic mass is 16.6. The van der Waals surface area contributed by atoms with Crippen molar-refractivity contribution in [2.75, 3.05) is 39.8 Å². The van der Waals surface area contributed by atoms with Crippen LogP contribution in [0.25, 0.3) is 0 Å². The van der Waals surface area contributed by atoms with Crippen LogP contribution in [-0.2, 0) is 9.53 Å². The number of hydrogen-bond donors (Lipinski definition) is 0. The van der Waals surface area contributed by atoms with Gasteiger partial charge in [0.2, 0.25) is 5.91 Å². The molecule has 3 aliphatic heterocycles. The molecule has 0 aliphatic carbocycles. The van der Waals surface area contributed by atoms with Crippen molar-refractivity contribution in [2.45, 2.75) is 45.3 Å². The molecular weight excluding hydrogens is 294 g/mol. The lowest BCUT2D eigenvalue weighted by Crippen LogP contribution is -2.59. The van der Waals surface area contributed by atoms with E-state index in [1.165, 1.54) is 6.42 Å². The van der Waals surface area contributed by atoms with Gasteiger partial charge in [-0.15, -0.1) is 0 Å². The normalized spacial score (nSPS) is 31.6. The second kappa shape index (κ2) is 5.96. The van der Waals surface area contributed by atoms with Gasteiger partial charge in [0, 0.05) is 26.2 Å². The van der Waals surface area contributed by atoms with E-state index in [2.05, 4.69) is 11.9 Å². The predicted octanol–water partition coefficient (Wildman–Crippen LogP) is 1.41. The van der Waals surface area contributed by atoms with Crippen molar-refractivity contribution in [3.63, 3.8) is 0 Å². The third-order valence-corrected chi connectivity index (χ3v) is 5.25. The molecule has 2 unspecified atom stereocenters. The quantitative estimate of drug-likeness (QED) is 0.732. The Morgan fingerprint density at radius 2 is 1.70 bits per heavy atom. The lowest BCUT2D eigenvalue weighted by molar-refractivity contribution is -0.140. The number of carbonyl (C=O) groups is 2. The van der Waals surface area contributed by atoms with E-state index in [0.717, 1.165) is 32.6 Å². The minimum Gasteiger partial charge on any atom is -0.444 e. The topological polar surface area (TPSA) is 53.1 Å². The second-order valence-corrected chi connectivity index (χ2v) is 8.29. The van der Waals surface area contributed by atoms with Crippen molar-refractivity contribution in [1.29, 1.82) is 0 Å². The second-order valence-electron chi connectivity index (χ2n) is 8.29. The summed E-state index contributed by atoms with van der Waals surface area (Å²) in [5.41, 5.74) is -0.520. The van der Waals surface area contributed by atoms with Crippen LogP contribution in [0.1, 0.15) is 33.6 Å². The van der Waals surface area contributed by atoms with E-state index in [1.54, 1.807) is 4.90 Å². The fourth-order valence-corrected chi connectivity index (χ4v) is 3.92. The Hall–Kier alpha value is -1.30. The van der Waals surface area contributed by atoms with Gasteiger partial charge in [0.15, 0.2) is 0 Å². The Morgan fingerprint density at radius 1 is 1.00 bits per heavy atom. The van der Waals surface area contributed by atoms with Crippen LogP contribution < -0.4 is 0 Å². The van der Waals surface area contributed by atoms with Crippen molar-refractivity contribution in [3.8, 4) is 0 Å². The molecule has 0 aromatic heterocycles. The van der Waals surface area contributed by atoms with Gasteiger partial charge < -0.3 is 14.5 Å². The highest BCUT2D eigenvalue weighted by Gasteiger charge is 2.45. The fourth-order valence-electron chi connectivity index (χ4n) is 3.92. The number of nitrogens with zero attached hydrogens (tertiary/aromatic N) is 3. The van der Waals surface area contributed by atoms with Crippen LogP contribution in [0.5, 0.6) is 0 Å². The molecule has 3 aliphatic rings. The van der Waals surface area contributed by atoms with Crippen LogP contribution in [-0.4, -0.2) is 78.1 Å². The minimum atomic E-state index is -0.520. The van der Waals surface area contributed by atoms with E-state index in [1.807, 2.05) is 25.7 Å². The summed E-state index contributed by atoms with van der Waals surface area (Å²) in [6.07, 6.45) is 1.56. The van der Waals surface area contributed by atoms with Crippen molar-refractivity contribution >= 4 is 12.0 Å². The van der Waals surface area contributed by atoms with Gasteiger partial charge in [-0.05, 0) is 59.0 Å². The summed E-state index contributed by atoms with van der Waals surface area (Å²) < 4.78 is 5.40. The molecule has 0 N–H and O–H groups in total. The van der Waals surface area contributed by atoms with Crippen LogP contribution in [0.15, 0.2) is 0 Å². The van der Waals surface area contributed by atoms with E-state index in [9.17, 15) is 9.59 Å². The maximum Gasteiger partial charge on any atom is 0.410 e. The molecule has 0 saturated carbocycles. The summed E-state index contributed by atoms with van der Waals surface area (Å²) in [6, 6.07) is -0.317. The molecule has 2 amide bonds. The zero-order valence-electron chi connectivity index (χ0n) is 14.7. The van der Waals surface area contributed by atoms with Gasteiger partial charge >= 0.3 is 6.09 Å². The lowest BCUT2D eigenvalue weighted by Gasteiger charge is -2.41. The highest BCUT2D eigenvalue weighted by Crippen LogP contribution is 2.32. The maximum atomic E-state index is 12.8. The van der Waals surface area contributed by atoms with Crippen molar-refractivity contribution in [1.82, 2.24) is 14.7 Å². The third kappa shape index (κ3) is 3.47.